The van der Waals surface area contributed by atoms with Crippen molar-refractivity contribution in [2.24, 2.45) is 0 Å². The van der Waals surface area contributed by atoms with Crippen LogP contribution in [-0.4, -0.2) is 17.0 Å². The Morgan fingerprint density at radius 3 is 2.31 bits per heavy atom. The minimum atomic E-state index is -0.812. The van der Waals surface area contributed by atoms with Gasteiger partial charge in [0.25, 0.3) is 0 Å². The van der Waals surface area contributed by atoms with Crippen LogP contribution in [0.3, 0.4) is 0 Å². The number of aromatic hydroxyl groups is 1. The second-order valence-corrected chi connectivity index (χ2v) is 5.86. The Bertz CT molecular complexity index is 850. The summed E-state index contributed by atoms with van der Waals surface area (Å²) in [5, 5.41) is 10.2. The summed E-state index contributed by atoms with van der Waals surface area (Å²) in [6, 6.07) is 14.7. The summed E-state index contributed by atoms with van der Waals surface area (Å²) in [5.41, 5.74) is 2.73. The summed E-state index contributed by atoms with van der Waals surface area (Å²) in [5.74, 6) is -1.47. The zero-order valence-electron chi connectivity index (χ0n) is 14.7. The van der Waals surface area contributed by atoms with E-state index in [1.807, 2.05) is 30.3 Å². The van der Waals surface area contributed by atoms with E-state index < -0.39 is 11.9 Å². The van der Waals surface area contributed by atoms with E-state index in [0.29, 0.717) is 17.5 Å². The van der Waals surface area contributed by atoms with E-state index in [9.17, 15) is 14.7 Å². The number of phenols is 1. The van der Waals surface area contributed by atoms with Gasteiger partial charge in [-0.2, -0.15) is 0 Å². The summed E-state index contributed by atoms with van der Waals surface area (Å²) in [6.45, 7) is 6.38. The average molecular weight is 352 g/mol. The molecule has 1 N–H and O–H groups in total. The van der Waals surface area contributed by atoms with Gasteiger partial charge in [0.05, 0.1) is 0 Å². The molecule has 0 aliphatic rings. The van der Waals surface area contributed by atoms with Crippen molar-refractivity contribution in [1.82, 2.24) is 0 Å². The summed E-state index contributed by atoms with van der Waals surface area (Å²) >= 11 is 0. The quantitative estimate of drug-likeness (QED) is 0.501. The number of benzene rings is 2. The third-order valence-corrected chi connectivity index (χ3v) is 3.65. The molecule has 0 saturated carbocycles. The molecule has 5 heteroatoms. The van der Waals surface area contributed by atoms with Gasteiger partial charge in [0.1, 0.15) is 5.75 Å². The van der Waals surface area contributed by atoms with E-state index in [1.165, 1.54) is 13.8 Å². The number of hydrogen-bond donors (Lipinski definition) is 1. The van der Waals surface area contributed by atoms with Crippen LogP contribution >= 0.6 is 0 Å². The van der Waals surface area contributed by atoms with Crippen LogP contribution in [0.15, 0.2) is 66.3 Å². The van der Waals surface area contributed by atoms with Crippen LogP contribution in [0.5, 0.6) is 5.75 Å². The maximum Gasteiger partial charge on any atom is 0.382 e. The molecule has 0 unspecified atom stereocenters. The van der Waals surface area contributed by atoms with Crippen molar-refractivity contribution >= 4 is 18.0 Å². The van der Waals surface area contributed by atoms with E-state index in [0.717, 1.165) is 5.56 Å². The average Bonchev–Trinajstić information content (AvgIpc) is 2.62. The van der Waals surface area contributed by atoms with Crippen LogP contribution in [0.25, 0.3) is 6.08 Å². The number of rotatable bonds is 5. The summed E-state index contributed by atoms with van der Waals surface area (Å²) in [7, 11) is 0. The third-order valence-electron chi connectivity index (χ3n) is 3.65. The van der Waals surface area contributed by atoms with Gasteiger partial charge < -0.3 is 5.11 Å². The SMILES string of the molecule is C=C(C)C(=O)OOC(=O)/C(C)=C/c1cccc(O)c1Cc1ccccc1. The molecular formula is C21H20O5. The number of phenolic OH excluding ortho intramolecular Hbond substituents is 1. The van der Waals surface area contributed by atoms with Crippen molar-refractivity contribution in [2.45, 2.75) is 20.3 Å². The van der Waals surface area contributed by atoms with Gasteiger partial charge in [0.15, 0.2) is 0 Å². The van der Waals surface area contributed by atoms with E-state index in [4.69, 9.17) is 0 Å². The highest BCUT2D eigenvalue weighted by Gasteiger charge is 2.14. The first-order chi connectivity index (χ1) is 12.4. The summed E-state index contributed by atoms with van der Waals surface area (Å²) in [6.07, 6.45) is 2.08. The highest BCUT2D eigenvalue weighted by molar-refractivity contribution is 5.94. The topological polar surface area (TPSA) is 72.8 Å². The lowest BCUT2D eigenvalue weighted by molar-refractivity contribution is -0.252. The van der Waals surface area contributed by atoms with E-state index in [-0.39, 0.29) is 16.9 Å². The fraction of sp³-hybridized carbons (Fsp3) is 0.143. The van der Waals surface area contributed by atoms with Gasteiger partial charge in [0, 0.05) is 23.1 Å². The molecule has 0 saturated heterocycles. The van der Waals surface area contributed by atoms with Crippen LogP contribution in [0, 0.1) is 0 Å². The van der Waals surface area contributed by atoms with Crippen molar-refractivity contribution in [3.05, 3.63) is 82.9 Å². The smallest absolute Gasteiger partial charge is 0.382 e. The molecule has 0 amide bonds. The van der Waals surface area contributed by atoms with Gasteiger partial charge in [-0.25, -0.2) is 19.4 Å². The Hall–Kier alpha value is -3.34. The Kier molecular flexibility index (Phi) is 6.33. The predicted molar refractivity (Wildman–Crippen MR) is 98.0 cm³/mol. The van der Waals surface area contributed by atoms with Crippen LogP contribution in [0.1, 0.15) is 30.5 Å². The Balaban J connectivity index is 2.21. The van der Waals surface area contributed by atoms with Gasteiger partial charge in [-0.05, 0) is 37.1 Å². The van der Waals surface area contributed by atoms with Crippen molar-refractivity contribution in [1.29, 1.82) is 0 Å². The maximum atomic E-state index is 12.0. The van der Waals surface area contributed by atoms with Gasteiger partial charge in [-0.15, -0.1) is 0 Å². The molecule has 0 radical (unpaired) electrons. The molecule has 0 aliphatic heterocycles. The van der Waals surface area contributed by atoms with Gasteiger partial charge in [-0.1, -0.05) is 49.0 Å². The standard InChI is InChI=1S/C21H20O5/c1-14(2)20(23)25-26-21(24)15(3)12-17-10-7-11-19(22)18(17)13-16-8-5-4-6-9-16/h4-12,22H,1,13H2,2-3H3/b15-12+. The molecule has 0 spiro atoms. The molecule has 5 nitrogen and oxygen atoms in total. The van der Waals surface area contributed by atoms with Crippen LogP contribution in [0.4, 0.5) is 0 Å². The minimum Gasteiger partial charge on any atom is -0.508 e. The molecular weight excluding hydrogens is 332 g/mol. The molecule has 2 aromatic rings. The monoisotopic (exact) mass is 352 g/mol. The first kappa shape index (κ1) is 19.0. The normalized spacial score (nSPS) is 10.9. The van der Waals surface area contributed by atoms with Crippen LogP contribution < -0.4 is 0 Å². The van der Waals surface area contributed by atoms with Crippen LogP contribution in [-0.2, 0) is 25.8 Å². The molecule has 2 aromatic carbocycles. The first-order valence-electron chi connectivity index (χ1n) is 8.00. The Morgan fingerprint density at radius 2 is 1.65 bits per heavy atom. The van der Waals surface area contributed by atoms with Crippen LogP contribution in [0.2, 0.25) is 0 Å². The molecule has 26 heavy (non-hydrogen) atoms. The lowest BCUT2D eigenvalue weighted by atomic mass is 9.97. The van der Waals surface area contributed by atoms with Crippen molar-refractivity contribution < 1.29 is 24.5 Å². The lowest BCUT2D eigenvalue weighted by Gasteiger charge is -2.10. The zero-order chi connectivity index (χ0) is 19.1. The molecule has 0 atom stereocenters. The lowest BCUT2D eigenvalue weighted by Crippen LogP contribution is -2.12. The molecule has 0 aromatic heterocycles. The number of carbonyl (C=O) groups is 2. The highest BCUT2D eigenvalue weighted by atomic mass is 17.2. The van der Waals surface area contributed by atoms with Crippen molar-refractivity contribution in [3.63, 3.8) is 0 Å². The Morgan fingerprint density at radius 1 is 1.00 bits per heavy atom. The number of carbonyl (C=O) groups excluding carboxylic acids is 2. The second kappa shape index (κ2) is 8.67. The van der Waals surface area contributed by atoms with Gasteiger partial charge >= 0.3 is 11.9 Å². The molecule has 0 fully saturated rings. The highest BCUT2D eigenvalue weighted by Crippen LogP contribution is 2.26. The summed E-state index contributed by atoms with van der Waals surface area (Å²) < 4.78 is 0. The van der Waals surface area contributed by atoms with Crippen molar-refractivity contribution in [2.75, 3.05) is 0 Å². The fourth-order valence-electron chi connectivity index (χ4n) is 2.22. The minimum absolute atomic E-state index is 0.123. The number of hydrogen-bond acceptors (Lipinski definition) is 5. The van der Waals surface area contributed by atoms with E-state index >= 15 is 0 Å². The predicted octanol–water partition coefficient (Wildman–Crippen LogP) is 3.96. The summed E-state index contributed by atoms with van der Waals surface area (Å²) in [4.78, 5) is 32.2. The van der Waals surface area contributed by atoms with E-state index in [2.05, 4.69) is 16.4 Å². The molecule has 134 valence electrons. The largest absolute Gasteiger partial charge is 0.508 e. The third kappa shape index (κ3) is 5.08. The van der Waals surface area contributed by atoms with E-state index in [1.54, 1.807) is 24.3 Å². The maximum absolute atomic E-state index is 12.0. The molecule has 2 rings (SSSR count). The van der Waals surface area contributed by atoms with Gasteiger partial charge in [-0.3, -0.25) is 0 Å². The molecule has 0 aliphatic carbocycles. The zero-order valence-corrected chi connectivity index (χ0v) is 14.7. The fourth-order valence-corrected chi connectivity index (χ4v) is 2.22. The second-order valence-electron chi connectivity index (χ2n) is 5.86. The molecule has 0 heterocycles. The van der Waals surface area contributed by atoms with Crippen molar-refractivity contribution in [3.8, 4) is 5.75 Å². The van der Waals surface area contributed by atoms with Gasteiger partial charge in [0.2, 0.25) is 0 Å². The Labute approximate surface area is 152 Å². The first-order valence-corrected chi connectivity index (χ1v) is 8.00. The molecule has 0 bridgehead atoms.